The molecule has 4 atom stereocenters. The molecule has 0 radical (unpaired) electrons. The zero-order valence-electron chi connectivity index (χ0n) is 7.17. The van der Waals surface area contributed by atoms with Gasteiger partial charge >= 0.3 is 0 Å². The van der Waals surface area contributed by atoms with Crippen molar-refractivity contribution in [1.82, 2.24) is 0 Å². The van der Waals surface area contributed by atoms with Crippen molar-refractivity contribution in [3.8, 4) is 0 Å². The molecule has 10 heavy (non-hydrogen) atoms. The van der Waals surface area contributed by atoms with Crippen molar-refractivity contribution in [1.29, 1.82) is 0 Å². The first kappa shape index (κ1) is 8.06. The van der Waals surface area contributed by atoms with Crippen LogP contribution in [0.15, 0.2) is 0 Å². The molecule has 0 aliphatic heterocycles. The number of hydrogen-bond donors (Lipinski definition) is 1. The van der Waals surface area contributed by atoms with Gasteiger partial charge in [-0.25, -0.2) is 0 Å². The zero-order valence-corrected chi connectivity index (χ0v) is 7.17. The fourth-order valence-electron chi connectivity index (χ4n) is 2.10. The number of hydrogen-bond acceptors (Lipinski definition) is 1. The Hall–Kier alpha value is -0.0400. The molecule has 1 N–H and O–H groups in total. The lowest BCUT2D eigenvalue weighted by Gasteiger charge is -2.15. The second kappa shape index (κ2) is 2.91. The van der Waals surface area contributed by atoms with Crippen LogP contribution in [0.5, 0.6) is 0 Å². The van der Waals surface area contributed by atoms with E-state index in [0.717, 1.165) is 17.8 Å². The predicted octanol–water partition coefficient (Wildman–Crippen LogP) is 1.91. The number of rotatable bonds is 1. The van der Waals surface area contributed by atoms with Crippen LogP contribution in [0.1, 0.15) is 27.2 Å². The second-order valence-electron chi connectivity index (χ2n) is 3.87. The highest BCUT2D eigenvalue weighted by Crippen LogP contribution is 2.40. The highest BCUT2D eigenvalue weighted by Gasteiger charge is 2.34. The quantitative estimate of drug-likeness (QED) is 0.593. The van der Waals surface area contributed by atoms with Gasteiger partial charge in [0, 0.05) is 6.61 Å². The monoisotopic (exact) mass is 142 g/mol. The smallest absolute Gasteiger partial charge is 0.0462 e. The van der Waals surface area contributed by atoms with Gasteiger partial charge in [-0.05, 0) is 30.1 Å². The minimum absolute atomic E-state index is 0.385. The van der Waals surface area contributed by atoms with Crippen LogP contribution >= 0.6 is 0 Å². The van der Waals surface area contributed by atoms with Gasteiger partial charge < -0.3 is 5.11 Å². The largest absolute Gasteiger partial charge is 0.396 e. The molecular formula is C9H18O. The van der Waals surface area contributed by atoms with E-state index in [0.29, 0.717) is 12.5 Å². The van der Waals surface area contributed by atoms with E-state index in [1.54, 1.807) is 0 Å². The normalized spacial score (nSPS) is 48.0. The highest BCUT2D eigenvalue weighted by atomic mass is 16.3. The van der Waals surface area contributed by atoms with E-state index in [4.69, 9.17) is 5.11 Å². The van der Waals surface area contributed by atoms with Gasteiger partial charge in [0.15, 0.2) is 0 Å². The van der Waals surface area contributed by atoms with Gasteiger partial charge in [-0.15, -0.1) is 0 Å². The van der Waals surface area contributed by atoms with Gasteiger partial charge in [0.05, 0.1) is 0 Å². The van der Waals surface area contributed by atoms with Crippen molar-refractivity contribution in [2.45, 2.75) is 27.2 Å². The molecule has 1 saturated carbocycles. The number of aliphatic hydroxyl groups excluding tert-OH is 1. The minimum Gasteiger partial charge on any atom is -0.396 e. The van der Waals surface area contributed by atoms with Gasteiger partial charge in [-0.1, -0.05) is 20.8 Å². The molecule has 0 aromatic carbocycles. The summed E-state index contributed by atoms with van der Waals surface area (Å²) in [5.74, 6) is 2.91. The summed E-state index contributed by atoms with van der Waals surface area (Å²) in [6.45, 7) is 7.23. The van der Waals surface area contributed by atoms with E-state index >= 15 is 0 Å². The molecule has 1 rings (SSSR count). The van der Waals surface area contributed by atoms with Crippen LogP contribution in [0.4, 0.5) is 0 Å². The SMILES string of the molecule is C[C@@H]1[C@@H](CO)C[C@@H](C)[C@@H]1C. The van der Waals surface area contributed by atoms with Crippen molar-refractivity contribution in [3.05, 3.63) is 0 Å². The second-order valence-corrected chi connectivity index (χ2v) is 3.87. The Balaban J connectivity index is 2.53. The van der Waals surface area contributed by atoms with Crippen LogP contribution in [0.2, 0.25) is 0 Å². The first-order valence-electron chi connectivity index (χ1n) is 4.27. The van der Waals surface area contributed by atoms with E-state index < -0.39 is 0 Å². The summed E-state index contributed by atoms with van der Waals surface area (Å²) in [5.41, 5.74) is 0. The Labute approximate surface area is 63.4 Å². The van der Waals surface area contributed by atoms with Gasteiger partial charge in [0.25, 0.3) is 0 Å². The molecule has 60 valence electrons. The van der Waals surface area contributed by atoms with Crippen LogP contribution in [0.25, 0.3) is 0 Å². The Morgan fingerprint density at radius 1 is 1.20 bits per heavy atom. The maximum atomic E-state index is 8.97. The lowest BCUT2D eigenvalue weighted by Crippen LogP contribution is -2.12. The molecule has 1 nitrogen and oxygen atoms in total. The van der Waals surface area contributed by atoms with Crippen LogP contribution in [0, 0.1) is 23.7 Å². The van der Waals surface area contributed by atoms with Gasteiger partial charge in [0.2, 0.25) is 0 Å². The van der Waals surface area contributed by atoms with E-state index in [2.05, 4.69) is 20.8 Å². The maximum Gasteiger partial charge on any atom is 0.0462 e. The van der Waals surface area contributed by atoms with Crippen molar-refractivity contribution >= 4 is 0 Å². The van der Waals surface area contributed by atoms with Crippen LogP contribution in [-0.2, 0) is 0 Å². The molecule has 0 unspecified atom stereocenters. The van der Waals surface area contributed by atoms with Gasteiger partial charge in [-0.3, -0.25) is 0 Å². The van der Waals surface area contributed by atoms with E-state index in [9.17, 15) is 0 Å². The van der Waals surface area contributed by atoms with Crippen LogP contribution < -0.4 is 0 Å². The van der Waals surface area contributed by atoms with Crippen molar-refractivity contribution in [2.75, 3.05) is 6.61 Å². The summed E-state index contributed by atoms with van der Waals surface area (Å²) < 4.78 is 0. The summed E-state index contributed by atoms with van der Waals surface area (Å²) >= 11 is 0. The standard InChI is InChI=1S/C9H18O/c1-6-4-9(5-10)8(3)7(6)2/h6-10H,4-5H2,1-3H3/t6-,7+,8+,9-/m1/s1. The summed E-state index contributed by atoms with van der Waals surface area (Å²) in [6.07, 6.45) is 1.22. The van der Waals surface area contributed by atoms with Crippen molar-refractivity contribution < 1.29 is 5.11 Å². The first-order chi connectivity index (χ1) is 4.66. The fourth-order valence-corrected chi connectivity index (χ4v) is 2.10. The van der Waals surface area contributed by atoms with E-state index in [-0.39, 0.29) is 0 Å². The third kappa shape index (κ3) is 1.20. The van der Waals surface area contributed by atoms with Crippen LogP contribution in [0.3, 0.4) is 0 Å². The van der Waals surface area contributed by atoms with Gasteiger partial charge in [-0.2, -0.15) is 0 Å². The van der Waals surface area contributed by atoms with Crippen molar-refractivity contribution in [2.24, 2.45) is 23.7 Å². The Morgan fingerprint density at radius 2 is 1.80 bits per heavy atom. The summed E-state index contributed by atoms with van der Waals surface area (Å²) in [7, 11) is 0. The molecule has 0 saturated heterocycles. The maximum absolute atomic E-state index is 8.97. The predicted molar refractivity (Wildman–Crippen MR) is 42.7 cm³/mol. The molecule has 0 aromatic rings. The molecule has 1 heteroatoms. The first-order valence-corrected chi connectivity index (χ1v) is 4.27. The Bertz CT molecular complexity index is 111. The fraction of sp³-hybridized carbons (Fsp3) is 1.00. The molecule has 0 bridgehead atoms. The summed E-state index contributed by atoms with van der Waals surface area (Å²) in [5, 5.41) is 8.97. The summed E-state index contributed by atoms with van der Waals surface area (Å²) in [6, 6.07) is 0. The summed E-state index contributed by atoms with van der Waals surface area (Å²) in [4.78, 5) is 0. The average molecular weight is 142 g/mol. The Kier molecular flexibility index (Phi) is 2.35. The Morgan fingerprint density at radius 3 is 2.00 bits per heavy atom. The van der Waals surface area contributed by atoms with E-state index in [1.165, 1.54) is 6.42 Å². The molecule has 0 amide bonds. The van der Waals surface area contributed by atoms with Gasteiger partial charge in [0.1, 0.15) is 0 Å². The lowest BCUT2D eigenvalue weighted by molar-refractivity contribution is 0.191. The zero-order chi connectivity index (χ0) is 7.72. The third-order valence-electron chi connectivity index (χ3n) is 3.38. The number of aliphatic hydroxyl groups is 1. The molecule has 0 spiro atoms. The van der Waals surface area contributed by atoms with Crippen molar-refractivity contribution in [3.63, 3.8) is 0 Å². The average Bonchev–Trinajstić information content (AvgIpc) is 2.17. The third-order valence-corrected chi connectivity index (χ3v) is 3.38. The minimum atomic E-state index is 0.385. The highest BCUT2D eigenvalue weighted by molar-refractivity contribution is 4.83. The topological polar surface area (TPSA) is 20.2 Å². The molecule has 1 fully saturated rings. The van der Waals surface area contributed by atoms with E-state index in [1.807, 2.05) is 0 Å². The molecule has 0 aromatic heterocycles. The molecule has 1 aliphatic rings. The molecule has 1 aliphatic carbocycles. The lowest BCUT2D eigenvalue weighted by atomic mass is 9.91. The molecule has 0 heterocycles. The van der Waals surface area contributed by atoms with Crippen LogP contribution in [-0.4, -0.2) is 11.7 Å². The molecular weight excluding hydrogens is 124 g/mol.